The lowest BCUT2D eigenvalue weighted by Crippen LogP contribution is -2.08. The molecule has 1 aromatic heterocycles. The van der Waals surface area contributed by atoms with Crippen molar-refractivity contribution >= 4 is 0 Å². The van der Waals surface area contributed by atoms with Gasteiger partial charge in [0, 0.05) is 24.9 Å². The summed E-state index contributed by atoms with van der Waals surface area (Å²) in [6.07, 6.45) is 10.5. The topological polar surface area (TPSA) is 81.2 Å². The summed E-state index contributed by atoms with van der Waals surface area (Å²) in [7, 11) is 0. The van der Waals surface area contributed by atoms with Crippen molar-refractivity contribution in [3.8, 4) is 0 Å². The van der Waals surface area contributed by atoms with Gasteiger partial charge < -0.3 is 9.77 Å². The van der Waals surface area contributed by atoms with E-state index in [1.807, 2.05) is 24.7 Å². The summed E-state index contributed by atoms with van der Waals surface area (Å²) in [5.74, 6) is 0.264. The van der Waals surface area contributed by atoms with Crippen molar-refractivity contribution in [2.75, 3.05) is 0 Å². The molecule has 0 aliphatic heterocycles. The van der Waals surface area contributed by atoms with Crippen LogP contribution in [0.4, 0.5) is 4.39 Å². The van der Waals surface area contributed by atoms with E-state index in [2.05, 4.69) is 16.5 Å². The maximum absolute atomic E-state index is 13.0. The van der Waals surface area contributed by atoms with Crippen LogP contribution in [0.2, 0.25) is 0 Å². The van der Waals surface area contributed by atoms with Crippen molar-refractivity contribution in [2.45, 2.75) is 45.1 Å². The number of nitrogens with zero attached hydrogens (tertiary/aromatic N) is 3. The van der Waals surface area contributed by atoms with E-state index in [0.717, 1.165) is 13.0 Å². The lowest BCUT2D eigenvalue weighted by atomic mass is 9.93. The standard InChI is InChI=1S/C16H21FN2.HNO3/c1-2-3-4-5-15(12-19-11-10-18-13-19)14-6-8-16(17)9-7-14;2-1(3)4/h6-11,13,15H,2-5,12H2,1H3;(H,2,3,4). The van der Waals surface area contributed by atoms with E-state index in [0.29, 0.717) is 5.92 Å². The number of halogens is 1. The normalized spacial score (nSPS) is 11.4. The van der Waals surface area contributed by atoms with Crippen LogP contribution in [0.25, 0.3) is 0 Å². The van der Waals surface area contributed by atoms with Crippen LogP contribution in [0.3, 0.4) is 0 Å². The Bertz CT molecular complexity index is 554. The fraction of sp³-hybridized carbons (Fsp3) is 0.438. The largest absolute Gasteiger partial charge is 0.337 e. The number of rotatable bonds is 7. The van der Waals surface area contributed by atoms with Gasteiger partial charge in [-0.05, 0) is 24.1 Å². The third-order valence-electron chi connectivity index (χ3n) is 3.49. The van der Waals surface area contributed by atoms with Gasteiger partial charge in [-0.1, -0.05) is 38.3 Å². The van der Waals surface area contributed by atoms with Crippen LogP contribution in [0.15, 0.2) is 43.0 Å². The van der Waals surface area contributed by atoms with Crippen LogP contribution in [0.1, 0.15) is 44.1 Å². The van der Waals surface area contributed by atoms with Gasteiger partial charge >= 0.3 is 0 Å². The molecule has 0 saturated heterocycles. The van der Waals surface area contributed by atoms with Crippen LogP contribution < -0.4 is 0 Å². The van der Waals surface area contributed by atoms with Gasteiger partial charge in [-0.2, -0.15) is 0 Å². The molecule has 0 bridgehead atoms. The molecule has 0 saturated carbocycles. The van der Waals surface area contributed by atoms with Crippen LogP contribution in [-0.2, 0) is 6.54 Å². The highest BCUT2D eigenvalue weighted by Crippen LogP contribution is 2.24. The quantitative estimate of drug-likeness (QED) is 0.473. The highest BCUT2D eigenvalue weighted by atomic mass is 19.1. The van der Waals surface area contributed by atoms with Gasteiger partial charge in [0.15, 0.2) is 0 Å². The molecule has 0 amide bonds. The molecule has 1 heterocycles. The zero-order valence-electron chi connectivity index (χ0n) is 13.1. The lowest BCUT2D eigenvalue weighted by molar-refractivity contribution is -0.742. The maximum atomic E-state index is 13.0. The first-order valence-electron chi connectivity index (χ1n) is 7.57. The molecule has 1 unspecified atom stereocenters. The Kier molecular flexibility index (Phi) is 8.34. The molecular weight excluding hydrogens is 301 g/mol. The molecule has 23 heavy (non-hydrogen) atoms. The molecule has 0 aliphatic carbocycles. The predicted octanol–water partition coefficient (Wildman–Crippen LogP) is 4.04. The Labute approximate surface area is 134 Å². The van der Waals surface area contributed by atoms with E-state index < -0.39 is 5.09 Å². The SMILES string of the molecule is CCCCCC(Cn1ccnc1)c1ccc(F)cc1.O=[N+]([O-])O. The minimum absolute atomic E-state index is 0.168. The third-order valence-corrected chi connectivity index (χ3v) is 3.49. The van der Waals surface area contributed by atoms with Crippen LogP contribution in [0.5, 0.6) is 0 Å². The Morgan fingerprint density at radius 1 is 1.35 bits per heavy atom. The van der Waals surface area contributed by atoms with Gasteiger partial charge in [0.1, 0.15) is 5.82 Å². The van der Waals surface area contributed by atoms with Crippen molar-refractivity contribution in [1.29, 1.82) is 0 Å². The van der Waals surface area contributed by atoms with Crippen LogP contribution in [-0.4, -0.2) is 19.8 Å². The van der Waals surface area contributed by atoms with Crippen molar-refractivity contribution in [2.24, 2.45) is 0 Å². The highest BCUT2D eigenvalue weighted by Gasteiger charge is 2.12. The molecule has 2 rings (SSSR count). The van der Waals surface area contributed by atoms with E-state index in [-0.39, 0.29) is 5.82 Å². The molecule has 0 radical (unpaired) electrons. The molecule has 0 fully saturated rings. The van der Waals surface area contributed by atoms with Crippen LogP contribution >= 0.6 is 0 Å². The average Bonchev–Trinajstić information content (AvgIpc) is 3.00. The van der Waals surface area contributed by atoms with Gasteiger partial charge in [-0.15, -0.1) is 10.1 Å². The number of benzene rings is 1. The van der Waals surface area contributed by atoms with Gasteiger partial charge in [0.25, 0.3) is 5.09 Å². The summed E-state index contributed by atoms with van der Waals surface area (Å²) >= 11 is 0. The summed E-state index contributed by atoms with van der Waals surface area (Å²) in [4.78, 5) is 12.4. The Morgan fingerprint density at radius 3 is 2.52 bits per heavy atom. The van der Waals surface area contributed by atoms with Gasteiger partial charge in [0.2, 0.25) is 0 Å². The van der Waals surface area contributed by atoms with E-state index in [4.69, 9.17) is 15.3 Å². The Morgan fingerprint density at radius 2 is 2.00 bits per heavy atom. The molecule has 2 aromatic rings. The lowest BCUT2D eigenvalue weighted by Gasteiger charge is -2.18. The minimum Gasteiger partial charge on any atom is -0.337 e. The second-order valence-corrected chi connectivity index (χ2v) is 5.24. The summed E-state index contributed by atoms with van der Waals surface area (Å²) in [6.45, 7) is 3.12. The van der Waals surface area contributed by atoms with E-state index in [1.54, 1.807) is 18.3 Å². The Hall–Kier alpha value is -2.44. The fourth-order valence-corrected chi connectivity index (χ4v) is 2.39. The predicted molar refractivity (Wildman–Crippen MR) is 84.3 cm³/mol. The number of hydrogen-bond acceptors (Lipinski definition) is 3. The molecule has 1 atom stereocenters. The second-order valence-electron chi connectivity index (χ2n) is 5.24. The molecule has 0 aliphatic rings. The number of imidazole rings is 1. The molecule has 0 spiro atoms. The number of hydrogen-bond donors (Lipinski definition) is 1. The van der Waals surface area contributed by atoms with E-state index >= 15 is 0 Å². The first-order chi connectivity index (χ1) is 11.0. The first-order valence-corrected chi connectivity index (χ1v) is 7.57. The maximum Gasteiger partial charge on any atom is 0.291 e. The molecule has 1 aromatic carbocycles. The molecular formula is C16H22FN3O3. The second kappa shape index (κ2) is 10.3. The van der Waals surface area contributed by atoms with E-state index in [9.17, 15) is 4.39 Å². The molecule has 6 nitrogen and oxygen atoms in total. The minimum atomic E-state index is -1.50. The van der Waals surface area contributed by atoms with E-state index in [1.165, 1.54) is 24.8 Å². The van der Waals surface area contributed by atoms with Crippen LogP contribution in [0, 0.1) is 15.9 Å². The first kappa shape index (κ1) is 18.6. The van der Waals surface area contributed by atoms with Crippen molar-refractivity contribution in [3.05, 3.63) is 64.5 Å². The molecule has 126 valence electrons. The molecule has 1 N–H and O–H groups in total. The Balaban J connectivity index is 0.000000593. The summed E-state index contributed by atoms with van der Waals surface area (Å²) in [5.41, 5.74) is 1.21. The summed E-state index contributed by atoms with van der Waals surface area (Å²) in [5, 5.41) is 13.6. The van der Waals surface area contributed by atoms with Gasteiger partial charge in [-0.25, -0.2) is 9.37 Å². The zero-order chi connectivity index (χ0) is 17.1. The fourth-order valence-electron chi connectivity index (χ4n) is 2.39. The number of aromatic nitrogens is 2. The number of unbranched alkanes of at least 4 members (excludes halogenated alkanes) is 2. The summed E-state index contributed by atoms with van der Waals surface area (Å²) < 4.78 is 15.1. The van der Waals surface area contributed by atoms with Gasteiger partial charge in [0.05, 0.1) is 6.33 Å². The van der Waals surface area contributed by atoms with Crippen molar-refractivity contribution < 1.29 is 14.7 Å². The highest BCUT2D eigenvalue weighted by molar-refractivity contribution is 5.20. The van der Waals surface area contributed by atoms with Gasteiger partial charge in [-0.3, -0.25) is 0 Å². The van der Waals surface area contributed by atoms with Crippen molar-refractivity contribution in [3.63, 3.8) is 0 Å². The smallest absolute Gasteiger partial charge is 0.291 e. The zero-order valence-corrected chi connectivity index (χ0v) is 13.1. The summed E-state index contributed by atoms with van der Waals surface area (Å²) in [6, 6.07) is 6.91. The third kappa shape index (κ3) is 7.94. The van der Waals surface area contributed by atoms with Crippen molar-refractivity contribution in [1.82, 2.24) is 9.55 Å². The average molecular weight is 323 g/mol. The monoisotopic (exact) mass is 323 g/mol. The molecule has 7 heteroatoms.